The van der Waals surface area contributed by atoms with E-state index in [0.29, 0.717) is 18.4 Å². The van der Waals surface area contributed by atoms with E-state index >= 15 is 0 Å². The molecule has 0 spiro atoms. The molecule has 1 saturated carbocycles. The minimum atomic E-state index is -1.03. The molecule has 3 rings (SSSR count). The third kappa shape index (κ3) is 1.56. The van der Waals surface area contributed by atoms with Gasteiger partial charge >= 0.3 is 5.97 Å². The second kappa shape index (κ2) is 3.57. The van der Waals surface area contributed by atoms with Crippen molar-refractivity contribution in [2.24, 2.45) is 17.3 Å². The van der Waals surface area contributed by atoms with Gasteiger partial charge in [-0.05, 0) is 31.9 Å². The second-order valence-electron chi connectivity index (χ2n) is 6.41. The van der Waals surface area contributed by atoms with E-state index in [9.17, 15) is 14.7 Å². The number of hydrogen-bond donors (Lipinski definition) is 1. The Morgan fingerprint density at radius 2 is 2.11 bits per heavy atom. The summed E-state index contributed by atoms with van der Waals surface area (Å²) in [6.07, 6.45) is 3.79. The van der Waals surface area contributed by atoms with E-state index in [2.05, 4.69) is 6.58 Å². The molecule has 1 heterocycles. The van der Waals surface area contributed by atoms with Crippen LogP contribution in [0.5, 0.6) is 0 Å². The van der Waals surface area contributed by atoms with Crippen molar-refractivity contribution in [3.63, 3.8) is 0 Å². The summed E-state index contributed by atoms with van der Waals surface area (Å²) in [5.74, 6) is -0.630. The molecule has 2 fully saturated rings. The highest BCUT2D eigenvalue weighted by Crippen LogP contribution is 2.55. The van der Waals surface area contributed by atoms with Crippen molar-refractivity contribution in [1.29, 1.82) is 0 Å². The number of ether oxygens (including phenoxy) is 1. The van der Waals surface area contributed by atoms with Crippen molar-refractivity contribution < 1.29 is 19.4 Å². The van der Waals surface area contributed by atoms with Crippen LogP contribution in [0.2, 0.25) is 0 Å². The number of carbonyl (C=O) groups excluding carboxylic acids is 2. The summed E-state index contributed by atoms with van der Waals surface area (Å²) < 4.78 is 5.31. The summed E-state index contributed by atoms with van der Waals surface area (Å²) in [5.41, 5.74) is -1.21. The van der Waals surface area contributed by atoms with Crippen LogP contribution in [0.15, 0.2) is 24.3 Å². The van der Waals surface area contributed by atoms with Crippen molar-refractivity contribution in [3.05, 3.63) is 24.3 Å². The van der Waals surface area contributed by atoms with Gasteiger partial charge in [-0.25, -0.2) is 4.79 Å². The molecule has 0 amide bonds. The van der Waals surface area contributed by atoms with Crippen LogP contribution in [-0.2, 0) is 14.3 Å². The number of hydrogen-bond acceptors (Lipinski definition) is 4. The zero-order valence-corrected chi connectivity index (χ0v) is 11.2. The first kappa shape index (κ1) is 12.6. The van der Waals surface area contributed by atoms with Gasteiger partial charge in [0.1, 0.15) is 6.10 Å². The molecule has 3 aliphatic rings. The maximum atomic E-state index is 12.2. The van der Waals surface area contributed by atoms with Gasteiger partial charge in [-0.2, -0.15) is 0 Å². The van der Waals surface area contributed by atoms with Gasteiger partial charge in [0.2, 0.25) is 0 Å². The third-order valence-corrected chi connectivity index (χ3v) is 5.14. The van der Waals surface area contributed by atoms with Crippen molar-refractivity contribution >= 4 is 11.8 Å². The van der Waals surface area contributed by atoms with Gasteiger partial charge < -0.3 is 9.84 Å². The molecule has 1 N–H and O–H groups in total. The molecule has 4 heteroatoms. The predicted octanol–water partition coefficient (Wildman–Crippen LogP) is 1.39. The molecule has 0 unspecified atom stereocenters. The van der Waals surface area contributed by atoms with E-state index in [0.717, 1.165) is 0 Å². The summed E-state index contributed by atoms with van der Waals surface area (Å²) >= 11 is 0. The number of ketones is 1. The summed E-state index contributed by atoms with van der Waals surface area (Å²) in [6, 6.07) is 0. The van der Waals surface area contributed by atoms with Crippen LogP contribution in [0, 0.1) is 17.3 Å². The Labute approximate surface area is 112 Å². The van der Waals surface area contributed by atoms with Crippen molar-refractivity contribution in [1.82, 2.24) is 0 Å². The standard InChI is InChI=1S/C15H18O4/c1-8-9-6-11-14(2,7-10(9)19-13(8)17)12(16)4-5-15(11,3)18/h4-5,9-11,18H,1,6-7H2,2-3H3/t9-,10+,11-,14-,15-/m1/s1. The fourth-order valence-corrected chi connectivity index (χ4v) is 3.93. The van der Waals surface area contributed by atoms with Crippen LogP contribution in [0.3, 0.4) is 0 Å². The molecule has 0 radical (unpaired) electrons. The zero-order chi connectivity index (χ0) is 14.0. The third-order valence-electron chi connectivity index (χ3n) is 5.14. The fraction of sp³-hybridized carbons (Fsp3) is 0.600. The predicted molar refractivity (Wildman–Crippen MR) is 68.1 cm³/mol. The molecule has 4 nitrogen and oxygen atoms in total. The maximum absolute atomic E-state index is 12.2. The molecule has 102 valence electrons. The van der Waals surface area contributed by atoms with Crippen LogP contribution in [-0.4, -0.2) is 28.6 Å². The lowest BCUT2D eigenvalue weighted by atomic mass is 9.54. The number of fused-ring (bicyclic) bond motifs is 2. The molecular weight excluding hydrogens is 244 g/mol. The molecular formula is C15H18O4. The Balaban J connectivity index is 2.03. The van der Waals surface area contributed by atoms with E-state index < -0.39 is 11.0 Å². The second-order valence-corrected chi connectivity index (χ2v) is 6.41. The summed E-state index contributed by atoms with van der Waals surface area (Å²) in [6.45, 7) is 7.37. The highest BCUT2D eigenvalue weighted by Gasteiger charge is 2.59. The molecule has 0 aromatic rings. The summed E-state index contributed by atoms with van der Waals surface area (Å²) in [7, 11) is 0. The van der Waals surface area contributed by atoms with Gasteiger partial charge in [-0.1, -0.05) is 13.5 Å². The quantitative estimate of drug-likeness (QED) is 0.529. The first-order valence-corrected chi connectivity index (χ1v) is 6.61. The molecule has 0 aromatic carbocycles. The van der Waals surface area contributed by atoms with Crippen molar-refractivity contribution in [3.8, 4) is 0 Å². The summed E-state index contributed by atoms with van der Waals surface area (Å²) in [5, 5.41) is 10.5. The number of esters is 1. The van der Waals surface area contributed by atoms with Crippen LogP contribution < -0.4 is 0 Å². The Hall–Kier alpha value is -1.42. The Bertz CT molecular complexity index is 516. The SMILES string of the molecule is C=C1C(=O)O[C@H]2C[C@@]3(C)C(=O)C=C[C@@](C)(O)[C@@H]3C[C@H]12. The highest BCUT2D eigenvalue weighted by atomic mass is 16.6. The average molecular weight is 262 g/mol. The maximum Gasteiger partial charge on any atom is 0.334 e. The largest absolute Gasteiger partial charge is 0.458 e. The van der Waals surface area contributed by atoms with Gasteiger partial charge in [-0.15, -0.1) is 0 Å². The minimum absolute atomic E-state index is 0.0102. The van der Waals surface area contributed by atoms with Crippen LogP contribution >= 0.6 is 0 Å². The lowest BCUT2D eigenvalue weighted by Crippen LogP contribution is -2.55. The van der Waals surface area contributed by atoms with Gasteiger partial charge in [-0.3, -0.25) is 4.79 Å². The Morgan fingerprint density at radius 1 is 1.42 bits per heavy atom. The lowest BCUT2D eigenvalue weighted by molar-refractivity contribution is -0.154. The molecule has 2 aliphatic carbocycles. The number of rotatable bonds is 0. The molecule has 1 saturated heterocycles. The summed E-state index contributed by atoms with van der Waals surface area (Å²) in [4.78, 5) is 23.8. The van der Waals surface area contributed by atoms with Crippen LogP contribution in [0.25, 0.3) is 0 Å². The van der Waals surface area contributed by atoms with Crippen LogP contribution in [0.4, 0.5) is 0 Å². The van der Waals surface area contributed by atoms with Crippen molar-refractivity contribution in [2.75, 3.05) is 0 Å². The van der Waals surface area contributed by atoms with E-state index in [1.54, 1.807) is 13.0 Å². The van der Waals surface area contributed by atoms with E-state index in [1.165, 1.54) is 6.08 Å². The highest BCUT2D eigenvalue weighted by molar-refractivity contribution is 5.97. The van der Waals surface area contributed by atoms with E-state index in [4.69, 9.17) is 4.74 Å². The molecule has 0 bridgehead atoms. The smallest absolute Gasteiger partial charge is 0.334 e. The topological polar surface area (TPSA) is 63.6 Å². The Morgan fingerprint density at radius 3 is 2.79 bits per heavy atom. The fourth-order valence-electron chi connectivity index (χ4n) is 3.93. The molecule has 1 aliphatic heterocycles. The minimum Gasteiger partial charge on any atom is -0.458 e. The van der Waals surface area contributed by atoms with Gasteiger partial charge in [0.15, 0.2) is 5.78 Å². The molecule has 5 atom stereocenters. The van der Waals surface area contributed by atoms with Crippen LogP contribution in [0.1, 0.15) is 26.7 Å². The number of allylic oxidation sites excluding steroid dienone is 1. The van der Waals surface area contributed by atoms with Gasteiger partial charge in [0, 0.05) is 22.8 Å². The lowest BCUT2D eigenvalue weighted by Gasteiger charge is -2.50. The zero-order valence-electron chi connectivity index (χ0n) is 11.2. The monoisotopic (exact) mass is 262 g/mol. The first-order valence-electron chi connectivity index (χ1n) is 6.61. The number of aliphatic hydroxyl groups is 1. The Kier molecular flexibility index (Phi) is 2.37. The average Bonchev–Trinajstić information content (AvgIpc) is 2.59. The first-order chi connectivity index (χ1) is 8.75. The van der Waals surface area contributed by atoms with Gasteiger partial charge in [0.05, 0.1) is 5.60 Å². The van der Waals surface area contributed by atoms with E-state index in [-0.39, 0.29) is 29.7 Å². The van der Waals surface area contributed by atoms with Gasteiger partial charge in [0.25, 0.3) is 0 Å². The molecule has 19 heavy (non-hydrogen) atoms. The van der Waals surface area contributed by atoms with Crippen molar-refractivity contribution in [2.45, 2.75) is 38.4 Å². The molecule has 0 aromatic heterocycles. The number of carbonyl (C=O) groups is 2. The van der Waals surface area contributed by atoms with E-state index in [1.807, 2.05) is 6.92 Å². The normalized spacial score (nSPS) is 48.8.